The first-order chi connectivity index (χ1) is 15.9. The van der Waals surface area contributed by atoms with Gasteiger partial charge in [-0.05, 0) is 90.7 Å². The van der Waals surface area contributed by atoms with Gasteiger partial charge in [0.15, 0.2) is 6.29 Å². The zero-order valence-electron chi connectivity index (χ0n) is 19.8. The van der Waals surface area contributed by atoms with E-state index in [1.807, 2.05) is 46.8 Å². The van der Waals surface area contributed by atoms with E-state index in [2.05, 4.69) is 41.8 Å². The Morgan fingerprint density at radius 2 is 1.18 bits per heavy atom. The molecule has 8 nitrogen and oxygen atoms in total. The maximum absolute atomic E-state index is 10.0. The van der Waals surface area contributed by atoms with Gasteiger partial charge in [0.2, 0.25) is 6.29 Å². The van der Waals surface area contributed by atoms with Gasteiger partial charge in [0.25, 0.3) is 6.48 Å². The third kappa shape index (κ3) is 16.1. The Balaban J connectivity index is 0.000000481. The molecule has 2 heterocycles. The van der Waals surface area contributed by atoms with Crippen molar-refractivity contribution in [3.8, 4) is 0 Å². The van der Waals surface area contributed by atoms with Gasteiger partial charge in [0.05, 0.1) is 5.69 Å². The highest BCUT2D eigenvalue weighted by Crippen LogP contribution is 2.18. The van der Waals surface area contributed by atoms with Crippen molar-refractivity contribution >= 4 is 38.1 Å². The van der Waals surface area contributed by atoms with Gasteiger partial charge >= 0.3 is 0 Å². The first-order valence-corrected chi connectivity index (χ1v) is 12.3. The van der Waals surface area contributed by atoms with Crippen LogP contribution in [0.3, 0.4) is 0 Å². The number of aldehydes is 1. The number of aromatic nitrogens is 2. The molecule has 2 aromatic heterocycles. The van der Waals surface area contributed by atoms with E-state index >= 15 is 0 Å². The van der Waals surface area contributed by atoms with Crippen LogP contribution in [0.25, 0.3) is 0 Å². The average molecular weight is 594 g/mol. The van der Waals surface area contributed by atoms with E-state index in [0.717, 1.165) is 14.6 Å². The highest BCUT2D eigenvalue weighted by Gasteiger charge is 2.11. The van der Waals surface area contributed by atoms with E-state index in [9.17, 15) is 4.79 Å². The second-order valence-corrected chi connectivity index (χ2v) is 7.65. The molecule has 2 rings (SSSR count). The van der Waals surface area contributed by atoms with Gasteiger partial charge in [-0.15, -0.1) is 0 Å². The van der Waals surface area contributed by atoms with Crippen LogP contribution < -0.4 is 0 Å². The second-order valence-electron chi connectivity index (χ2n) is 5.82. The number of nitrogens with zero attached hydrogens (tertiary/aromatic N) is 2. The topological polar surface area (TPSA) is 89.0 Å². The van der Waals surface area contributed by atoms with Crippen LogP contribution >= 0.6 is 31.9 Å². The maximum atomic E-state index is 10.0. The summed E-state index contributed by atoms with van der Waals surface area (Å²) < 4.78 is 27.9. The predicted molar refractivity (Wildman–Crippen MR) is 134 cm³/mol. The summed E-state index contributed by atoms with van der Waals surface area (Å²) in [5, 5.41) is 0. The van der Waals surface area contributed by atoms with E-state index in [-0.39, 0.29) is 6.29 Å². The van der Waals surface area contributed by atoms with Crippen LogP contribution in [0, 0.1) is 0 Å². The lowest BCUT2D eigenvalue weighted by Gasteiger charge is -2.15. The average Bonchev–Trinajstić information content (AvgIpc) is 2.81. The zero-order valence-corrected chi connectivity index (χ0v) is 23.0. The van der Waals surface area contributed by atoms with Crippen molar-refractivity contribution in [2.75, 3.05) is 33.0 Å². The molecule has 0 bridgehead atoms. The number of hydrogen-bond donors (Lipinski definition) is 0. The van der Waals surface area contributed by atoms with Crippen molar-refractivity contribution in [1.29, 1.82) is 0 Å². The fourth-order valence-corrected chi connectivity index (χ4v) is 2.53. The molecule has 0 aliphatic carbocycles. The number of carbonyl (C=O) groups excluding carboxylic acids is 1. The van der Waals surface area contributed by atoms with Crippen molar-refractivity contribution in [2.45, 2.75) is 47.4 Å². The molecule has 0 aliphatic heterocycles. The number of hydrogen-bond acceptors (Lipinski definition) is 8. The molecule has 0 saturated heterocycles. The van der Waals surface area contributed by atoms with Crippen LogP contribution in [0.2, 0.25) is 0 Å². The van der Waals surface area contributed by atoms with Gasteiger partial charge in [0, 0.05) is 54.4 Å². The lowest BCUT2D eigenvalue weighted by Crippen LogP contribution is -2.20. The summed E-state index contributed by atoms with van der Waals surface area (Å²) in [4.78, 5) is 18.0. The molecule has 0 atom stereocenters. The molecule has 0 N–H and O–H groups in total. The van der Waals surface area contributed by atoms with Gasteiger partial charge in [-0.1, -0.05) is 0 Å². The first-order valence-electron chi connectivity index (χ1n) is 10.7. The minimum absolute atomic E-state index is 0.349. The summed E-state index contributed by atoms with van der Waals surface area (Å²) >= 11 is 6.52. The summed E-state index contributed by atoms with van der Waals surface area (Å²) in [6.07, 6.45) is 3.69. The van der Waals surface area contributed by atoms with Gasteiger partial charge < -0.3 is 23.7 Å². The maximum Gasteiger partial charge on any atom is 0.271 e. The van der Waals surface area contributed by atoms with Crippen molar-refractivity contribution < 1.29 is 28.5 Å². The van der Waals surface area contributed by atoms with Crippen molar-refractivity contribution in [3.63, 3.8) is 0 Å². The van der Waals surface area contributed by atoms with Crippen LogP contribution in [0.5, 0.6) is 0 Å². The summed E-state index contributed by atoms with van der Waals surface area (Å²) in [5.74, 6) is 0. The Hall–Kier alpha value is -1.27. The zero-order chi connectivity index (χ0) is 24.9. The number of pyridine rings is 2. The lowest BCUT2D eigenvalue weighted by molar-refractivity contribution is -0.282. The van der Waals surface area contributed by atoms with E-state index in [1.54, 1.807) is 24.5 Å². The fourth-order valence-electron chi connectivity index (χ4n) is 2.06. The lowest BCUT2D eigenvalue weighted by atomic mass is 10.3. The van der Waals surface area contributed by atoms with Gasteiger partial charge in [-0.3, -0.25) is 14.8 Å². The number of ether oxygens (including phenoxy) is 5. The standard InChI is InChI=1S/C10H14BrNO2.C7H16O3.C6H4BrNO/c1-3-13-10(14-4-2)9-6-5-8(11)7-12-9;1-4-8-7(9-5-2)10-6-3;7-5-1-2-6(4-9)8-3-5/h5-7,10H,3-4H2,1-2H3;7H,4-6H2,1-3H3;1-4H. The minimum Gasteiger partial charge on any atom is -0.347 e. The Bertz CT molecular complexity index is 700. The SMILES string of the molecule is CCOC(OCC)OCC.CCOC(OCC)c1ccc(Br)cn1.O=Cc1ccc(Br)cn1. The number of halogens is 2. The predicted octanol–water partition coefficient (Wildman–Crippen LogP) is 5.95. The molecule has 10 heteroatoms. The number of rotatable bonds is 12. The second kappa shape index (κ2) is 21.3. The Kier molecular flexibility index (Phi) is 20.5. The van der Waals surface area contributed by atoms with Crippen LogP contribution in [0.1, 0.15) is 57.1 Å². The molecule has 0 aromatic carbocycles. The normalized spacial score (nSPS) is 10.3. The molecular weight excluding hydrogens is 560 g/mol. The van der Waals surface area contributed by atoms with E-state index in [4.69, 9.17) is 23.7 Å². The van der Waals surface area contributed by atoms with Crippen LogP contribution in [0.4, 0.5) is 0 Å². The highest BCUT2D eigenvalue weighted by atomic mass is 79.9. The van der Waals surface area contributed by atoms with E-state index < -0.39 is 6.48 Å². The largest absolute Gasteiger partial charge is 0.347 e. The molecule has 0 unspecified atom stereocenters. The molecule has 0 radical (unpaired) electrons. The summed E-state index contributed by atoms with van der Waals surface area (Å²) in [6.45, 7) is 12.2. The monoisotopic (exact) mass is 592 g/mol. The molecule has 0 aliphatic rings. The van der Waals surface area contributed by atoms with Gasteiger partial charge in [-0.25, -0.2) is 0 Å². The molecule has 0 fully saturated rings. The van der Waals surface area contributed by atoms with E-state index in [1.165, 1.54) is 0 Å². The van der Waals surface area contributed by atoms with Crippen LogP contribution in [-0.4, -0.2) is 55.8 Å². The van der Waals surface area contributed by atoms with Crippen LogP contribution in [-0.2, 0) is 23.7 Å². The Morgan fingerprint density at radius 3 is 1.52 bits per heavy atom. The van der Waals surface area contributed by atoms with Gasteiger partial charge in [-0.2, -0.15) is 0 Å². The molecule has 0 spiro atoms. The minimum atomic E-state index is -0.472. The van der Waals surface area contributed by atoms with E-state index in [0.29, 0.717) is 45.0 Å². The molecular formula is C23H34Br2N2O6. The summed E-state index contributed by atoms with van der Waals surface area (Å²) in [7, 11) is 0. The smallest absolute Gasteiger partial charge is 0.271 e. The van der Waals surface area contributed by atoms with Crippen molar-refractivity contribution in [3.05, 3.63) is 57.0 Å². The first kappa shape index (κ1) is 31.7. The quantitative estimate of drug-likeness (QED) is 0.220. The number of carbonyl (C=O) groups is 1. The highest BCUT2D eigenvalue weighted by molar-refractivity contribution is 9.10. The molecule has 0 amide bonds. The van der Waals surface area contributed by atoms with Crippen molar-refractivity contribution in [1.82, 2.24) is 9.97 Å². The third-order valence-electron chi connectivity index (χ3n) is 3.41. The van der Waals surface area contributed by atoms with Gasteiger partial charge in [0.1, 0.15) is 5.69 Å². The molecule has 186 valence electrons. The Labute approximate surface area is 213 Å². The Morgan fingerprint density at radius 1 is 0.727 bits per heavy atom. The molecule has 0 saturated carbocycles. The third-order valence-corrected chi connectivity index (χ3v) is 4.35. The molecule has 2 aromatic rings. The molecule has 33 heavy (non-hydrogen) atoms. The summed E-state index contributed by atoms with van der Waals surface area (Å²) in [5.41, 5.74) is 1.26. The van der Waals surface area contributed by atoms with Crippen LogP contribution in [0.15, 0.2) is 45.6 Å². The fraction of sp³-hybridized carbons (Fsp3) is 0.522. The summed E-state index contributed by atoms with van der Waals surface area (Å²) in [6, 6.07) is 7.24. The van der Waals surface area contributed by atoms with Crippen molar-refractivity contribution in [2.24, 2.45) is 0 Å².